The van der Waals surface area contributed by atoms with Gasteiger partial charge in [-0.2, -0.15) is 4.31 Å². The van der Waals surface area contributed by atoms with E-state index in [-0.39, 0.29) is 76.1 Å². The zero-order valence-electron chi connectivity index (χ0n) is 64.5. The van der Waals surface area contributed by atoms with Crippen molar-refractivity contribution in [1.29, 1.82) is 0 Å². The summed E-state index contributed by atoms with van der Waals surface area (Å²) in [4.78, 5) is 82.9. The highest BCUT2D eigenvalue weighted by molar-refractivity contribution is 7.89. The molecule has 1 saturated heterocycles. The number of anilines is 1. The number of amides is 5. The third-order valence-electron chi connectivity index (χ3n) is 22.4. The average Bonchev–Trinajstić information content (AvgIpc) is 1.19. The molecular formula is C89H92B3N9O14S. The summed E-state index contributed by atoms with van der Waals surface area (Å²) in [5, 5.41) is 82.3. The van der Waals surface area contributed by atoms with Crippen LogP contribution in [0, 0.1) is 0 Å². The highest BCUT2D eigenvalue weighted by Crippen LogP contribution is 2.45. The van der Waals surface area contributed by atoms with Crippen molar-refractivity contribution in [2.24, 2.45) is 0 Å². The molecular weight excluding hydrogens is 1480 g/mol. The van der Waals surface area contributed by atoms with E-state index in [1.54, 1.807) is 91.0 Å². The standard InChI is InChI=1S/C89H92B3N9O14S/c1-97(2)82-42-20-38-75-74(82)37-21-43-84(75)116(113,114)100(54-65-27-8-18-41-80(65)92(111)112)57-86(103)101-55-66(49-83(101)88(105)94-45-47-99(53-64-26-7-17-40-79(64)91(109)110)56-76-68-31-10-4-23-60(68)48-61-24-5-11-32-69(61)76)95-87(104)81(96-89(106)115-58-77-72-35-14-12-33-70(72)71-34-13-15-36-73(71)77)50-85(102)93-44-46-98(52-63-25-6-16-39-78(63)90(107)108)51-62-29-19-28-59-22-3-9-30-67(59)62/h3-40,42-43,48,66,77,80-81,83,107-112H,41,44-47,49-58H2,1-2H3,(H,93,102)(H,94,105)(H,95,104)(H,96,106)/t66?,80?,81-,83-/m0/s1. The highest BCUT2D eigenvalue weighted by atomic mass is 32.2. The number of benzene rings is 11. The van der Waals surface area contributed by atoms with Crippen LogP contribution in [-0.4, -0.2) is 193 Å². The molecule has 0 spiro atoms. The molecule has 10 N–H and O–H groups in total. The van der Waals surface area contributed by atoms with Crippen LogP contribution in [0.15, 0.2) is 259 Å². The van der Waals surface area contributed by atoms with E-state index in [0.29, 0.717) is 51.5 Å². The second-order valence-electron chi connectivity index (χ2n) is 30.1. The molecule has 2 unspecified atom stereocenters. The Kier molecular flexibility index (Phi) is 25.7. The Morgan fingerprint density at radius 3 is 1.75 bits per heavy atom. The van der Waals surface area contributed by atoms with E-state index in [4.69, 9.17) is 4.74 Å². The van der Waals surface area contributed by atoms with Gasteiger partial charge in [-0.15, -0.1) is 0 Å². The number of ether oxygens (including phenoxy) is 1. The number of carbonyl (C=O) groups is 5. The van der Waals surface area contributed by atoms with E-state index < -0.39 is 105 Å². The minimum atomic E-state index is -4.73. The van der Waals surface area contributed by atoms with Crippen LogP contribution in [0.1, 0.15) is 58.6 Å². The molecule has 0 radical (unpaired) electrons. The first kappa shape index (κ1) is 81.2. The van der Waals surface area contributed by atoms with Gasteiger partial charge in [-0.25, -0.2) is 13.2 Å². The van der Waals surface area contributed by atoms with Gasteiger partial charge in [0.2, 0.25) is 33.7 Å². The summed E-state index contributed by atoms with van der Waals surface area (Å²) in [5.74, 6) is -4.39. The predicted octanol–water partition coefficient (Wildman–Crippen LogP) is 7.47. The summed E-state index contributed by atoms with van der Waals surface area (Å²) in [6, 6.07) is 67.5. The van der Waals surface area contributed by atoms with Gasteiger partial charge in [0.05, 0.1) is 17.9 Å². The number of nitrogens with one attached hydrogen (secondary N) is 4. The predicted molar refractivity (Wildman–Crippen MR) is 454 cm³/mol. The molecule has 11 aromatic carbocycles. The maximum absolute atomic E-state index is 15.8. The minimum Gasteiger partial charge on any atom is -0.449 e. The van der Waals surface area contributed by atoms with Crippen LogP contribution in [0.4, 0.5) is 10.5 Å². The third-order valence-corrected chi connectivity index (χ3v) is 24.2. The maximum atomic E-state index is 15.8. The van der Waals surface area contributed by atoms with Gasteiger partial charge in [0.25, 0.3) is 0 Å². The van der Waals surface area contributed by atoms with Crippen molar-refractivity contribution in [2.75, 3.05) is 71.4 Å². The van der Waals surface area contributed by atoms with Gasteiger partial charge in [0, 0.05) is 114 Å². The van der Waals surface area contributed by atoms with Gasteiger partial charge in [-0.05, 0) is 119 Å². The van der Waals surface area contributed by atoms with E-state index in [1.165, 1.54) is 11.0 Å². The molecule has 14 rings (SSSR count). The SMILES string of the molecule is CN(C)c1cccc2c(S(=O)(=O)N(CC(=O)N3CC(NC(=O)[C@H](CC(=O)NCCN(Cc4ccccc4B(O)O)Cc4cccc5ccccc45)NC(=O)OCC4c5ccccc5-c5ccccc54)C[C@H]3C(=O)NCCN(Cc3ccccc3B(O)O)Cc3c4ccccc4cc4ccccc34)CC3=CC=CCC3B(O)O)cccc12. The molecule has 5 amide bonds. The first-order valence-electron chi connectivity index (χ1n) is 39.0. The van der Waals surface area contributed by atoms with Crippen LogP contribution in [0.5, 0.6) is 0 Å². The first-order chi connectivity index (χ1) is 56.1. The van der Waals surface area contributed by atoms with Crippen molar-refractivity contribution in [1.82, 2.24) is 40.3 Å². The first-order valence-corrected chi connectivity index (χ1v) is 40.4. The Hall–Kier alpha value is -11.3. The van der Waals surface area contributed by atoms with Gasteiger partial charge in [0.15, 0.2) is 0 Å². The van der Waals surface area contributed by atoms with Gasteiger partial charge in [-0.1, -0.05) is 236 Å². The van der Waals surface area contributed by atoms with Crippen molar-refractivity contribution in [3.63, 3.8) is 0 Å². The number of fused-ring (bicyclic) bond motifs is 7. The van der Waals surface area contributed by atoms with E-state index >= 15 is 22.8 Å². The quantitative estimate of drug-likeness (QED) is 0.0144. The molecule has 0 saturated carbocycles. The van der Waals surface area contributed by atoms with Crippen LogP contribution in [0.3, 0.4) is 0 Å². The largest absolute Gasteiger partial charge is 0.488 e. The van der Waals surface area contributed by atoms with E-state index in [0.717, 1.165) is 75.7 Å². The lowest BCUT2D eigenvalue weighted by Crippen LogP contribution is -2.52. The molecule has 592 valence electrons. The van der Waals surface area contributed by atoms with E-state index in [1.807, 2.05) is 165 Å². The lowest BCUT2D eigenvalue weighted by molar-refractivity contribution is -0.138. The number of alkyl carbamates (subject to hydrolysis) is 1. The maximum Gasteiger partial charge on any atom is 0.488 e. The summed E-state index contributed by atoms with van der Waals surface area (Å²) in [5.41, 5.74) is 8.68. The minimum absolute atomic E-state index is 0.0275. The summed E-state index contributed by atoms with van der Waals surface area (Å²) in [7, 11) is -6.53. The number of hydrogen-bond acceptors (Lipinski definition) is 17. The molecule has 23 nitrogen and oxygen atoms in total. The van der Waals surface area contributed by atoms with Crippen LogP contribution in [-0.2, 0) is 60.1 Å². The van der Waals surface area contributed by atoms with Crippen molar-refractivity contribution < 1.29 is 67.3 Å². The van der Waals surface area contributed by atoms with Gasteiger partial charge in [-0.3, -0.25) is 29.0 Å². The summed E-state index contributed by atoms with van der Waals surface area (Å²) in [6.45, 7) is -0.342. The normalized spacial score (nSPS) is 15.5. The highest BCUT2D eigenvalue weighted by Gasteiger charge is 2.44. The van der Waals surface area contributed by atoms with Crippen LogP contribution >= 0.6 is 0 Å². The number of nitrogens with zero attached hydrogens (tertiary/aromatic N) is 5. The van der Waals surface area contributed by atoms with Gasteiger partial charge in [0.1, 0.15) is 18.7 Å². The third kappa shape index (κ3) is 18.5. The monoisotopic (exact) mass is 1580 g/mol. The Balaban J connectivity index is 0.769. The number of sulfonamides is 1. The number of allylic oxidation sites excluding steroid dienone is 3. The fraction of sp³-hybridized carbons (Fsp3) is 0.247. The number of rotatable bonds is 32. The number of carbonyl (C=O) groups excluding carboxylic acids is 5. The van der Waals surface area contributed by atoms with Gasteiger partial charge >= 0.3 is 27.4 Å². The molecule has 27 heteroatoms. The second kappa shape index (κ2) is 36.7. The van der Waals surface area contributed by atoms with Crippen molar-refractivity contribution in [3.05, 3.63) is 288 Å². The zero-order valence-corrected chi connectivity index (χ0v) is 65.3. The molecule has 1 aliphatic heterocycles. The smallest absolute Gasteiger partial charge is 0.449 e. The van der Waals surface area contributed by atoms with Crippen molar-refractivity contribution >= 4 is 121 Å². The van der Waals surface area contributed by atoms with Crippen molar-refractivity contribution in [2.45, 2.75) is 80.2 Å². The second-order valence-corrected chi connectivity index (χ2v) is 32.0. The zero-order chi connectivity index (χ0) is 81.2. The Bertz CT molecular complexity index is 5550. The lowest BCUT2D eigenvalue weighted by atomic mass is 9.65. The summed E-state index contributed by atoms with van der Waals surface area (Å²) >= 11 is 0. The Morgan fingerprint density at radius 1 is 0.569 bits per heavy atom. The van der Waals surface area contributed by atoms with Crippen molar-refractivity contribution in [3.8, 4) is 11.1 Å². The number of hydrogen-bond donors (Lipinski definition) is 10. The summed E-state index contributed by atoms with van der Waals surface area (Å²) in [6.07, 6.45) is 3.23. The number of likely N-dealkylation sites (tertiary alicyclic amines) is 1. The molecule has 2 aliphatic carbocycles. The molecule has 4 atom stereocenters. The van der Waals surface area contributed by atoms with Crippen LogP contribution < -0.4 is 37.1 Å². The Morgan fingerprint density at radius 2 is 1.10 bits per heavy atom. The molecule has 3 aliphatic rings. The molecule has 116 heavy (non-hydrogen) atoms. The summed E-state index contributed by atoms with van der Waals surface area (Å²) < 4.78 is 38.5. The fourth-order valence-electron chi connectivity index (χ4n) is 16.6. The van der Waals surface area contributed by atoms with E-state index in [9.17, 15) is 39.7 Å². The molecule has 0 bridgehead atoms. The molecule has 1 heterocycles. The molecule has 11 aromatic rings. The molecule has 1 fully saturated rings. The molecule has 0 aromatic heterocycles. The lowest BCUT2D eigenvalue weighted by Gasteiger charge is -2.31. The Labute approximate surface area is 675 Å². The average molecular weight is 1580 g/mol. The van der Waals surface area contributed by atoms with Crippen LogP contribution in [0.25, 0.3) is 54.2 Å². The fourth-order valence-corrected chi connectivity index (χ4v) is 18.2. The van der Waals surface area contributed by atoms with Gasteiger partial charge < -0.3 is 65.9 Å². The topological polar surface area (TPSA) is 314 Å². The van der Waals surface area contributed by atoms with E-state index in [2.05, 4.69) is 37.1 Å². The van der Waals surface area contributed by atoms with Crippen LogP contribution in [0.2, 0.25) is 5.82 Å².